The number of hydrogen-bond donors (Lipinski definition) is 0. The van der Waals surface area contributed by atoms with Gasteiger partial charge < -0.3 is 0 Å². The van der Waals surface area contributed by atoms with Crippen molar-refractivity contribution >= 4 is 6.72 Å². The van der Waals surface area contributed by atoms with Crippen molar-refractivity contribution in [1.82, 2.24) is 24.6 Å². The van der Waals surface area contributed by atoms with Crippen LogP contribution in [0.25, 0.3) is 0 Å². The van der Waals surface area contributed by atoms with Gasteiger partial charge in [-0.05, 0) is 64.5 Å². The van der Waals surface area contributed by atoms with E-state index in [0.29, 0.717) is 17.8 Å². The molecule has 0 aromatic carbocycles. The first-order valence-corrected chi connectivity index (χ1v) is 12.9. The molecule has 2 aromatic heterocycles. The lowest BCUT2D eigenvalue weighted by Gasteiger charge is -2.24. The summed E-state index contributed by atoms with van der Waals surface area (Å²) in [5.74, 6) is 1.24. The van der Waals surface area contributed by atoms with E-state index in [1.165, 1.54) is 17.1 Å². The molecule has 0 radical (unpaired) electrons. The fraction of sp³-hybridized carbons (Fsp3) is 0.679. The highest BCUT2D eigenvalue weighted by atomic mass is 15.4. The lowest BCUT2D eigenvalue weighted by molar-refractivity contribution is 0.331. The van der Waals surface area contributed by atoms with Gasteiger partial charge in [-0.3, -0.25) is 14.4 Å². The topological polar surface area (TPSA) is 51.2 Å². The number of nitrogens with zero attached hydrogens (tertiary/aromatic N) is 6. The van der Waals surface area contributed by atoms with E-state index < -0.39 is 0 Å². The Labute approximate surface area is 208 Å². The van der Waals surface area contributed by atoms with Gasteiger partial charge in [0.15, 0.2) is 0 Å². The molecule has 190 valence electrons. The summed E-state index contributed by atoms with van der Waals surface area (Å²) in [4.78, 5) is 0. The number of rotatable bonds is 11. The first-order chi connectivity index (χ1) is 15.8. The number of allylic oxidation sites excluding steroid dienone is 2. The van der Waals surface area contributed by atoms with Crippen LogP contribution in [0.5, 0.6) is 0 Å². The average molecular weight is 469 g/mol. The molecule has 34 heavy (non-hydrogen) atoms. The quantitative estimate of drug-likeness (QED) is 0.266. The van der Waals surface area contributed by atoms with Gasteiger partial charge in [-0.15, -0.1) is 0 Å². The zero-order valence-corrected chi connectivity index (χ0v) is 23.6. The van der Waals surface area contributed by atoms with Gasteiger partial charge >= 0.3 is 0 Å². The summed E-state index contributed by atoms with van der Waals surface area (Å²) in [6.07, 6.45) is 3.82. The second-order valence-electron chi connectivity index (χ2n) is 11.4. The molecule has 2 heterocycles. The highest BCUT2D eigenvalue weighted by Gasteiger charge is 2.23. The Hall–Kier alpha value is -2.37. The highest BCUT2D eigenvalue weighted by molar-refractivity contribution is 5.24. The van der Waals surface area contributed by atoms with Gasteiger partial charge in [-0.1, -0.05) is 47.6 Å². The summed E-state index contributed by atoms with van der Waals surface area (Å²) in [7, 11) is 0. The first-order valence-electron chi connectivity index (χ1n) is 12.9. The van der Waals surface area contributed by atoms with Crippen LogP contribution in [0.15, 0.2) is 29.0 Å². The third-order valence-electron chi connectivity index (χ3n) is 6.28. The zero-order chi connectivity index (χ0) is 25.8. The average Bonchev–Trinajstić information content (AvgIpc) is 3.35. The minimum atomic E-state index is -0.0319. The summed E-state index contributed by atoms with van der Waals surface area (Å²) in [5, 5.41) is 16.3. The van der Waals surface area contributed by atoms with Gasteiger partial charge in [0.05, 0.1) is 23.0 Å². The Balaban J connectivity index is 2.26. The minimum Gasteiger partial charge on any atom is -0.270 e. The maximum Gasteiger partial charge on any atom is 0.0649 e. The molecule has 0 bridgehead atoms. The van der Waals surface area contributed by atoms with Crippen molar-refractivity contribution in [2.75, 3.05) is 6.54 Å². The molecule has 0 aliphatic carbocycles. The molecule has 0 saturated carbocycles. The fourth-order valence-corrected chi connectivity index (χ4v) is 4.53. The Kier molecular flexibility index (Phi) is 9.32. The lowest BCUT2D eigenvalue weighted by atomic mass is 10.0. The molecule has 0 N–H and O–H groups in total. The van der Waals surface area contributed by atoms with E-state index in [0.717, 1.165) is 30.8 Å². The van der Waals surface area contributed by atoms with E-state index >= 15 is 0 Å². The SMILES string of the molecule is C=NN(CCc1cc(C(C)C)n(C(C)Cc2cc(C(C)C)n(C(C)(C)C)n2)n1)/C(=C\C)C(C)C. The Bertz CT molecular complexity index is 968. The lowest BCUT2D eigenvalue weighted by Crippen LogP contribution is -2.26. The van der Waals surface area contributed by atoms with Gasteiger partial charge in [0.25, 0.3) is 0 Å². The van der Waals surface area contributed by atoms with Crippen LogP contribution in [0.4, 0.5) is 0 Å². The Morgan fingerprint density at radius 1 is 1.00 bits per heavy atom. The van der Waals surface area contributed by atoms with Crippen LogP contribution >= 0.6 is 0 Å². The van der Waals surface area contributed by atoms with E-state index in [2.05, 4.69) is 116 Å². The largest absolute Gasteiger partial charge is 0.270 e. The van der Waals surface area contributed by atoms with Crippen molar-refractivity contribution in [3.8, 4) is 0 Å². The van der Waals surface area contributed by atoms with Crippen LogP contribution in [-0.4, -0.2) is 37.8 Å². The van der Waals surface area contributed by atoms with Crippen LogP contribution in [0.3, 0.4) is 0 Å². The molecule has 0 amide bonds. The molecule has 0 aliphatic heterocycles. The van der Waals surface area contributed by atoms with Crippen molar-refractivity contribution in [1.29, 1.82) is 0 Å². The van der Waals surface area contributed by atoms with Crippen LogP contribution in [0.2, 0.25) is 0 Å². The molecule has 6 heteroatoms. The van der Waals surface area contributed by atoms with Gasteiger partial charge in [0, 0.05) is 43.2 Å². The maximum absolute atomic E-state index is 5.05. The molecular weight excluding hydrogens is 420 g/mol. The second-order valence-corrected chi connectivity index (χ2v) is 11.4. The van der Waals surface area contributed by atoms with Crippen molar-refractivity contribution in [2.24, 2.45) is 11.0 Å². The summed E-state index contributed by atoms with van der Waals surface area (Å²) >= 11 is 0. The van der Waals surface area contributed by atoms with Gasteiger partial charge in [-0.25, -0.2) is 0 Å². The number of aromatic nitrogens is 4. The monoisotopic (exact) mass is 468 g/mol. The van der Waals surface area contributed by atoms with Crippen molar-refractivity contribution in [3.63, 3.8) is 0 Å². The summed E-state index contributed by atoms with van der Waals surface area (Å²) < 4.78 is 4.41. The van der Waals surface area contributed by atoms with E-state index in [9.17, 15) is 0 Å². The van der Waals surface area contributed by atoms with E-state index in [-0.39, 0.29) is 11.6 Å². The third-order valence-corrected chi connectivity index (χ3v) is 6.28. The predicted octanol–water partition coefficient (Wildman–Crippen LogP) is 6.91. The highest BCUT2D eigenvalue weighted by Crippen LogP contribution is 2.27. The van der Waals surface area contributed by atoms with Crippen molar-refractivity contribution in [2.45, 2.75) is 112 Å². The molecular formula is C28H48N6. The van der Waals surface area contributed by atoms with Crippen LogP contribution in [-0.2, 0) is 18.4 Å². The van der Waals surface area contributed by atoms with Gasteiger partial charge in [-0.2, -0.15) is 15.3 Å². The smallest absolute Gasteiger partial charge is 0.0649 e. The van der Waals surface area contributed by atoms with Crippen molar-refractivity contribution < 1.29 is 0 Å². The summed E-state index contributed by atoms with van der Waals surface area (Å²) in [6.45, 7) is 28.9. The van der Waals surface area contributed by atoms with E-state index in [4.69, 9.17) is 10.2 Å². The second kappa shape index (κ2) is 11.4. The van der Waals surface area contributed by atoms with Crippen LogP contribution in [0.1, 0.15) is 117 Å². The molecule has 0 aliphatic rings. The maximum atomic E-state index is 5.05. The molecule has 0 saturated heterocycles. The predicted molar refractivity (Wildman–Crippen MR) is 145 cm³/mol. The number of hydrogen-bond acceptors (Lipinski definition) is 4. The van der Waals surface area contributed by atoms with E-state index in [1.807, 2.05) is 5.01 Å². The fourth-order valence-electron chi connectivity index (χ4n) is 4.53. The first kappa shape index (κ1) is 27.9. The standard InChI is InChI=1S/C28H48N6/c1-13-25(19(2)3)32(29-12)15-14-23-17-26(20(4)5)33(30-23)22(8)16-24-18-27(21(6)7)34(31-24)28(9,10)11/h13,17-22H,12,14-16H2,1-11H3/b25-13-. The third kappa shape index (κ3) is 6.61. The Morgan fingerprint density at radius 3 is 2.03 bits per heavy atom. The van der Waals surface area contributed by atoms with Gasteiger partial charge in [0.1, 0.15) is 0 Å². The molecule has 0 spiro atoms. The molecule has 2 rings (SSSR count). The molecule has 1 unspecified atom stereocenters. The minimum absolute atomic E-state index is 0.0319. The molecule has 2 aromatic rings. The molecule has 0 fully saturated rings. The van der Waals surface area contributed by atoms with E-state index in [1.54, 1.807) is 0 Å². The zero-order valence-electron chi connectivity index (χ0n) is 23.6. The normalized spacial score (nSPS) is 13.9. The summed E-state index contributed by atoms with van der Waals surface area (Å²) in [5.41, 5.74) is 5.97. The number of hydrazone groups is 1. The molecule has 1 atom stereocenters. The van der Waals surface area contributed by atoms with Crippen LogP contribution in [0, 0.1) is 5.92 Å². The molecule has 6 nitrogen and oxygen atoms in total. The van der Waals surface area contributed by atoms with Crippen molar-refractivity contribution in [3.05, 3.63) is 46.7 Å². The van der Waals surface area contributed by atoms with Crippen LogP contribution < -0.4 is 0 Å². The van der Waals surface area contributed by atoms with Gasteiger partial charge in [0.2, 0.25) is 0 Å². The Morgan fingerprint density at radius 2 is 1.59 bits per heavy atom. The summed E-state index contributed by atoms with van der Waals surface area (Å²) in [6, 6.07) is 4.77.